The summed E-state index contributed by atoms with van der Waals surface area (Å²) in [5.74, 6) is 0. The molecule has 1 aromatic carbocycles. The van der Waals surface area contributed by atoms with Crippen molar-refractivity contribution in [3.63, 3.8) is 0 Å². The van der Waals surface area contributed by atoms with Gasteiger partial charge >= 0.3 is 0 Å². The fourth-order valence-corrected chi connectivity index (χ4v) is 1.24. The van der Waals surface area contributed by atoms with Gasteiger partial charge in [0.25, 0.3) is 6.01 Å². The summed E-state index contributed by atoms with van der Waals surface area (Å²) >= 11 is 0. The van der Waals surface area contributed by atoms with E-state index in [0.717, 1.165) is 11.1 Å². The van der Waals surface area contributed by atoms with Crippen LogP contribution in [0.3, 0.4) is 0 Å². The van der Waals surface area contributed by atoms with Crippen LogP contribution in [0.25, 0.3) is 11.1 Å². The molecule has 0 atom stereocenters. The molecule has 0 bridgehead atoms. The Hall–Kier alpha value is -1.55. The minimum Gasteiger partial charge on any atom is -0.424 e. The predicted octanol–water partition coefficient (Wildman–Crippen LogP) is 2.01. The van der Waals surface area contributed by atoms with E-state index in [9.17, 15) is 5.11 Å². The third kappa shape index (κ3) is 2.47. The van der Waals surface area contributed by atoms with E-state index >= 15 is 0 Å². The molecule has 0 saturated heterocycles. The Morgan fingerprint density at radius 3 is 2.80 bits per heavy atom. The molecule has 4 nitrogen and oxygen atoms in total. The van der Waals surface area contributed by atoms with Crippen molar-refractivity contribution in [1.82, 2.24) is 4.98 Å². The lowest BCUT2D eigenvalue weighted by molar-refractivity contribution is 0.0939. The van der Waals surface area contributed by atoms with Crippen LogP contribution in [0.2, 0.25) is 0 Å². The molecule has 0 amide bonds. The maximum absolute atomic E-state index is 9.52. The molecule has 0 spiro atoms. The minimum atomic E-state index is -0.777. The van der Waals surface area contributed by atoms with Crippen LogP contribution < -0.4 is 5.32 Å². The molecule has 0 radical (unpaired) electrons. The van der Waals surface area contributed by atoms with Crippen LogP contribution in [0, 0.1) is 0 Å². The van der Waals surface area contributed by atoms with Gasteiger partial charge in [0.2, 0.25) is 0 Å². The van der Waals surface area contributed by atoms with E-state index in [4.69, 9.17) is 4.42 Å². The van der Waals surface area contributed by atoms with E-state index in [2.05, 4.69) is 10.3 Å². The molecule has 1 heterocycles. The highest BCUT2D eigenvalue weighted by Crippen LogP contribution is 2.18. The Bertz CT molecular complexity index is 424. The first-order valence-corrected chi connectivity index (χ1v) is 4.86. The van der Waals surface area contributed by atoms with Gasteiger partial charge in [0.05, 0.1) is 5.60 Å². The standard InChI is InChI=1S/C11H14N2O2/c1-11(2,14)7-12-10-13-8-5-3-4-6-9(8)15-10/h3-6,14H,7H2,1-2H3,(H,12,13). The SMILES string of the molecule is CC(C)(O)CNc1nc2ccccc2o1. The minimum absolute atomic E-state index is 0.403. The van der Waals surface area contributed by atoms with Crippen molar-refractivity contribution >= 4 is 17.1 Å². The van der Waals surface area contributed by atoms with Crippen molar-refractivity contribution in [3.05, 3.63) is 24.3 Å². The number of rotatable bonds is 3. The molecular formula is C11H14N2O2. The van der Waals surface area contributed by atoms with Crippen LogP contribution in [0.5, 0.6) is 0 Å². The van der Waals surface area contributed by atoms with Crippen molar-refractivity contribution in [2.45, 2.75) is 19.4 Å². The smallest absolute Gasteiger partial charge is 0.295 e. The molecule has 80 valence electrons. The molecule has 1 aromatic heterocycles. The van der Waals surface area contributed by atoms with Gasteiger partial charge in [-0.05, 0) is 26.0 Å². The van der Waals surface area contributed by atoms with E-state index in [1.807, 2.05) is 24.3 Å². The van der Waals surface area contributed by atoms with Gasteiger partial charge in [-0.2, -0.15) is 4.98 Å². The molecule has 2 rings (SSSR count). The van der Waals surface area contributed by atoms with E-state index in [-0.39, 0.29) is 0 Å². The Kier molecular flexibility index (Phi) is 2.36. The van der Waals surface area contributed by atoms with E-state index in [0.29, 0.717) is 12.6 Å². The number of oxazole rings is 1. The third-order valence-corrected chi connectivity index (χ3v) is 1.97. The Balaban J connectivity index is 2.16. The molecule has 0 aliphatic heterocycles. The van der Waals surface area contributed by atoms with Crippen molar-refractivity contribution in [2.24, 2.45) is 0 Å². The normalized spacial score (nSPS) is 11.9. The zero-order chi connectivity index (χ0) is 10.9. The van der Waals surface area contributed by atoms with Gasteiger partial charge in [-0.3, -0.25) is 0 Å². The van der Waals surface area contributed by atoms with E-state index in [1.54, 1.807) is 13.8 Å². The lowest BCUT2D eigenvalue weighted by Crippen LogP contribution is -2.29. The summed E-state index contributed by atoms with van der Waals surface area (Å²) in [4.78, 5) is 4.23. The first kappa shape index (κ1) is 9.98. The summed E-state index contributed by atoms with van der Waals surface area (Å²) in [7, 11) is 0. The zero-order valence-corrected chi connectivity index (χ0v) is 8.82. The highest BCUT2D eigenvalue weighted by molar-refractivity contribution is 5.74. The number of benzene rings is 1. The number of nitrogens with zero attached hydrogens (tertiary/aromatic N) is 1. The summed E-state index contributed by atoms with van der Waals surface area (Å²) in [6, 6.07) is 7.99. The maximum Gasteiger partial charge on any atom is 0.295 e. The van der Waals surface area contributed by atoms with Crippen LogP contribution in [0.15, 0.2) is 28.7 Å². The molecule has 0 unspecified atom stereocenters. The molecule has 0 aliphatic rings. The van der Waals surface area contributed by atoms with Crippen molar-refractivity contribution in [1.29, 1.82) is 0 Å². The predicted molar refractivity (Wildman–Crippen MR) is 58.8 cm³/mol. The quantitative estimate of drug-likeness (QED) is 0.806. The molecule has 15 heavy (non-hydrogen) atoms. The Morgan fingerprint density at radius 2 is 2.13 bits per heavy atom. The van der Waals surface area contributed by atoms with Gasteiger partial charge in [-0.15, -0.1) is 0 Å². The zero-order valence-electron chi connectivity index (χ0n) is 8.82. The third-order valence-electron chi connectivity index (χ3n) is 1.97. The maximum atomic E-state index is 9.52. The van der Waals surface area contributed by atoms with Crippen LogP contribution in [0.4, 0.5) is 6.01 Å². The lowest BCUT2D eigenvalue weighted by Gasteiger charge is -2.16. The fraction of sp³-hybridized carbons (Fsp3) is 0.364. The molecule has 4 heteroatoms. The van der Waals surface area contributed by atoms with Crippen molar-refractivity contribution < 1.29 is 9.52 Å². The summed E-state index contributed by atoms with van der Waals surface area (Å²) in [6.07, 6.45) is 0. The van der Waals surface area contributed by atoms with Gasteiger partial charge in [0, 0.05) is 6.54 Å². The molecular weight excluding hydrogens is 192 g/mol. The number of aliphatic hydroxyl groups is 1. The van der Waals surface area contributed by atoms with Gasteiger partial charge < -0.3 is 14.8 Å². The van der Waals surface area contributed by atoms with Gasteiger partial charge in [-0.25, -0.2) is 0 Å². The summed E-state index contributed by atoms with van der Waals surface area (Å²) < 4.78 is 5.43. The van der Waals surface area contributed by atoms with Gasteiger partial charge in [0.1, 0.15) is 5.52 Å². The number of anilines is 1. The largest absolute Gasteiger partial charge is 0.424 e. The molecule has 2 N–H and O–H groups in total. The van der Waals surface area contributed by atoms with Crippen LogP contribution in [-0.2, 0) is 0 Å². The highest BCUT2D eigenvalue weighted by atomic mass is 16.4. The molecule has 0 saturated carbocycles. The number of hydrogen-bond acceptors (Lipinski definition) is 4. The second-order valence-electron chi connectivity index (χ2n) is 4.15. The summed E-state index contributed by atoms with van der Waals surface area (Å²) in [5, 5.41) is 12.5. The highest BCUT2D eigenvalue weighted by Gasteiger charge is 2.13. The molecule has 2 aromatic rings. The first-order valence-electron chi connectivity index (χ1n) is 4.86. The van der Waals surface area contributed by atoms with Crippen molar-refractivity contribution in [3.8, 4) is 0 Å². The number of aromatic nitrogens is 1. The van der Waals surface area contributed by atoms with Crippen LogP contribution in [-0.4, -0.2) is 22.2 Å². The van der Waals surface area contributed by atoms with Gasteiger partial charge in [0.15, 0.2) is 5.58 Å². The topological polar surface area (TPSA) is 58.3 Å². The van der Waals surface area contributed by atoms with Crippen LogP contribution in [0.1, 0.15) is 13.8 Å². The summed E-state index contributed by atoms with van der Waals surface area (Å²) in [6.45, 7) is 3.85. The first-order chi connectivity index (χ1) is 7.04. The molecule has 0 aliphatic carbocycles. The Labute approximate surface area is 87.9 Å². The van der Waals surface area contributed by atoms with E-state index < -0.39 is 5.60 Å². The summed E-state index contributed by atoms with van der Waals surface area (Å²) in [5.41, 5.74) is 0.784. The van der Waals surface area contributed by atoms with Gasteiger partial charge in [-0.1, -0.05) is 12.1 Å². The number of hydrogen-bond donors (Lipinski definition) is 2. The average molecular weight is 206 g/mol. The monoisotopic (exact) mass is 206 g/mol. The molecule has 0 fully saturated rings. The second kappa shape index (κ2) is 3.55. The fourth-order valence-electron chi connectivity index (χ4n) is 1.24. The number of fused-ring (bicyclic) bond motifs is 1. The number of para-hydroxylation sites is 2. The average Bonchev–Trinajstić information content (AvgIpc) is 2.56. The number of nitrogens with one attached hydrogen (secondary N) is 1. The van der Waals surface area contributed by atoms with Crippen LogP contribution >= 0.6 is 0 Å². The lowest BCUT2D eigenvalue weighted by atomic mass is 10.1. The van der Waals surface area contributed by atoms with E-state index in [1.165, 1.54) is 0 Å². The Morgan fingerprint density at radius 1 is 1.40 bits per heavy atom. The second-order valence-corrected chi connectivity index (χ2v) is 4.15. The van der Waals surface area contributed by atoms with Crippen molar-refractivity contribution in [2.75, 3.05) is 11.9 Å².